The third-order valence-corrected chi connectivity index (χ3v) is 11.1. The van der Waals surface area contributed by atoms with Crippen LogP contribution in [0.25, 0.3) is 0 Å². The molecule has 2 saturated heterocycles. The number of likely N-dealkylation sites (N-methyl/N-ethyl adjacent to an activating group) is 2. The first-order chi connectivity index (χ1) is 42.7. The fourth-order valence-corrected chi connectivity index (χ4v) is 6.99. The predicted molar refractivity (Wildman–Crippen MR) is 337 cm³/mol. The molecule has 0 aromatic carbocycles. The largest absolute Gasteiger partial charge is 0.478 e. The Morgan fingerprint density at radius 3 is 0.817 bits per heavy atom. The highest BCUT2D eigenvalue weighted by atomic mass is 16.6. The number of nitrogens with two attached hydrogens (primary N) is 1. The van der Waals surface area contributed by atoms with E-state index in [1.165, 1.54) is 37.2 Å². The van der Waals surface area contributed by atoms with Crippen molar-refractivity contribution in [1.82, 2.24) is 59.5 Å². The van der Waals surface area contributed by atoms with E-state index in [2.05, 4.69) is 49.7 Å². The number of hydrogen-bond donors (Lipinski definition) is 2. The van der Waals surface area contributed by atoms with Gasteiger partial charge in [-0.25, -0.2) is 73.4 Å². The van der Waals surface area contributed by atoms with E-state index >= 15 is 0 Å². The van der Waals surface area contributed by atoms with E-state index in [1.807, 2.05) is 19.0 Å². The molecule has 6 heterocycles. The molecule has 0 unspecified atom stereocenters. The van der Waals surface area contributed by atoms with Crippen LogP contribution in [-0.2, 0) is 28.4 Å². The number of imide groups is 3. The molecule has 0 radical (unpaired) electrons. The monoisotopic (exact) mass is 1300 g/mol. The Morgan fingerprint density at radius 2 is 0.602 bits per heavy atom. The van der Waals surface area contributed by atoms with Crippen LogP contribution < -0.4 is 20.4 Å². The number of carboxylic acids is 1. The summed E-state index contributed by atoms with van der Waals surface area (Å²) in [4.78, 5) is 161. The van der Waals surface area contributed by atoms with Gasteiger partial charge in [0, 0.05) is 102 Å². The van der Waals surface area contributed by atoms with Crippen molar-refractivity contribution in [3.05, 3.63) is 71.8 Å². The number of aldehydes is 1. The molecular formula is C60H88N16O17. The quantitative estimate of drug-likeness (QED) is 0.131. The summed E-state index contributed by atoms with van der Waals surface area (Å²) < 4.78 is 31.3. The summed E-state index contributed by atoms with van der Waals surface area (Å²) in [7, 11) is 4.05. The Labute approximate surface area is 540 Å². The number of rotatable bonds is 7. The van der Waals surface area contributed by atoms with E-state index in [0.717, 1.165) is 51.7 Å². The first kappa shape index (κ1) is 77.6. The third kappa shape index (κ3) is 27.8. The lowest BCUT2D eigenvalue weighted by atomic mass is 10.2. The van der Waals surface area contributed by atoms with E-state index < -0.39 is 76.1 Å². The number of aromatic nitrogens is 8. The number of ether oxygens (including phenoxy) is 6. The molecule has 4 aromatic rings. The number of carbonyl (C=O) groups excluding carboxylic acids is 9. The molecule has 6 rings (SSSR count). The zero-order valence-electron chi connectivity index (χ0n) is 56.6. The number of piperazine rings is 2. The number of carboxylic acid groups (broad SMARTS) is 1. The summed E-state index contributed by atoms with van der Waals surface area (Å²) in [6.07, 6.45) is 4.52. The molecule has 0 atom stereocenters. The van der Waals surface area contributed by atoms with Crippen LogP contribution in [0, 0.1) is 0 Å². The predicted octanol–water partition coefficient (Wildman–Crippen LogP) is 7.80. The molecule has 4 aromatic heterocycles. The number of nitrogens with zero attached hydrogens (tertiary/aromatic N) is 15. The van der Waals surface area contributed by atoms with E-state index in [0.29, 0.717) is 39.6 Å². The number of nitrogen functional groups attached to an aromatic ring is 1. The highest BCUT2D eigenvalue weighted by Gasteiger charge is 2.38. The summed E-state index contributed by atoms with van der Waals surface area (Å²) >= 11 is 0. The van der Waals surface area contributed by atoms with Crippen molar-refractivity contribution >= 4 is 84.4 Å². The minimum Gasteiger partial charge on any atom is -0.478 e. The third-order valence-electron chi connectivity index (χ3n) is 11.1. The number of amides is 8. The van der Waals surface area contributed by atoms with Gasteiger partial charge in [-0.2, -0.15) is 0 Å². The SMILES string of the molecule is CC(C)(C)OC(=O)N(C(=O)OC(C)(C)C)c1ncc(C(=O)O)cn1.CC(C)(C)OC(=O)N(C(=O)OC(C)(C)C)c1ncc(C=O)cn1.CN1CCN(C(=O)c2cnc(N(C(=O)OC(C)(C)C)C(=O)OC(C)(C)C)nc2)CC1.CN1CCN(C(=O)c2cnc(N)nc2)CC1. The smallest absolute Gasteiger partial charge is 0.427 e. The van der Waals surface area contributed by atoms with Gasteiger partial charge in [-0.3, -0.25) is 14.4 Å². The molecule has 0 bridgehead atoms. The normalized spacial score (nSPS) is 13.8. The van der Waals surface area contributed by atoms with Gasteiger partial charge in [-0.15, -0.1) is 14.7 Å². The summed E-state index contributed by atoms with van der Waals surface area (Å²) in [6.45, 7) is 35.9. The van der Waals surface area contributed by atoms with Crippen LogP contribution in [0.3, 0.4) is 0 Å². The minimum absolute atomic E-state index is 0.0203. The maximum atomic E-state index is 12.7. The van der Waals surface area contributed by atoms with Crippen LogP contribution >= 0.6 is 0 Å². The molecule has 93 heavy (non-hydrogen) atoms. The number of carbonyl (C=O) groups is 10. The van der Waals surface area contributed by atoms with E-state index in [-0.39, 0.29) is 52.3 Å². The number of aromatic carboxylic acids is 1. The number of hydrogen-bond acceptors (Lipinski definition) is 27. The Balaban J connectivity index is 0.000000330. The van der Waals surface area contributed by atoms with Crippen LogP contribution in [-0.4, -0.2) is 225 Å². The zero-order chi connectivity index (χ0) is 70.8. The highest BCUT2D eigenvalue weighted by molar-refractivity contribution is 6.09. The second-order valence-corrected chi connectivity index (χ2v) is 26.7. The van der Waals surface area contributed by atoms with Gasteiger partial charge in [0.25, 0.3) is 11.8 Å². The van der Waals surface area contributed by atoms with Crippen LogP contribution in [0.4, 0.5) is 52.6 Å². The van der Waals surface area contributed by atoms with Crippen molar-refractivity contribution in [1.29, 1.82) is 0 Å². The molecule has 8 amide bonds. The van der Waals surface area contributed by atoms with Gasteiger partial charge in [-0.05, 0) is 139 Å². The van der Waals surface area contributed by atoms with Crippen LogP contribution in [0.2, 0.25) is 0 Å². The first-order valence-electron chi connectivity index (χ1n) is 29.1. The maximum Gasteiger partial charge on any atom is 0.427 e. The van der Waals surface area contributed by atoms with E-state index in [4.69, 9.17) is 39.3 Å². The number of anilines is 4. The van der Waals surface area contributed by atoms with Gasteiger partial charge < -0.3 is 58.9 Å². The maximum absolute atomic E-state index is 12.7. The van der Waals surface area contributed by atoms with E-state index in [1.54, 1.807) is 130 Å². The highest BCUT2D eigenvalue weighted by Crippen LogP contribution is 2.23. The molecule has 2 aliphatic heterocycles. The molecule has 2 aliphatic rings. The standard InChI is InChI=1S/C20H31N5O5.C15H21N3O6.C15H21N3O5.C10H15N5O/c1-19(2,3)29-17(27)25(18(28)30-20(4,5)6)16-21-12-14(13-22-16)15(26)24-10-8-23(7)9-11-24;1-14(2,3)23-12(21)18(13(22)24-15(4,5)6)11-16-7-9(8-17-11)10(19)20;1-14(2,3)22-12(20)18(13(21)23-15(4,5)6)11-16-7-10(9-19)8-17-11;1-14-2-4-15(5-3-14)9(16)8-6-12-10(11)13-7-8/h12-13H,8-11H2,1-7H3;7-8H,1-6H3,(H,19,20);7-9H,1-6H3;6-7H,2-5H2,1H3,(H2,11,12,13). The van der Waals surface area contributed by atoms with Gasteiger partial charge in [-0.1, -0.05) is 0 Å². The van der Waals surface area contributed by atoms with Gasteiger partial charge in [0.2, 0.25) is 23.8 Å². The first-order valence-corrected chi connectivity index (χ1v) is 29.1. The summed E-state index contributed by atoms with van der Waals surface area (Å²) in [5.74, 6) is -2.07. The second-order valence-electron chi connectivity index (χ2n) is 26.7. The second kappa shape index (κ2) is 32.6. The molecular weight excluding hydrogens is 1220 g/mol. The Hall–Kier alpha value is -9.66. The lowest BCUT2D eigenvalue weighted by Crippen LogP contribution is -2.47. The van der Waals surface area contributed by atoms with Crippen molar-refractivity contribution in [3.8, 4) is 0 Å². The zero-order valence-corrected chi connectivity index (χ0v) is 56.6. The summed E-state index contributed by atoms with van der Waals surface area (Å²) in [5, 5.41) is 8.86. The lowest BCUT2D eigenvalue weighted by Gasteiger charge is -2.32. The molecule has 33 heteroatoms. The van der Waals surface area contributed by atoms with Crippen LogP contribution in [0.5, 0.6) is 0 Å². The average Bonchev–Trinajstić information content (AvgIpc) is 0.852. The molecule has 3 N–H and O–H groups in total. The Kier molecular flexibility index (Phi) is 27.2. The van der Waals surface area contributed by atoms with Crippen LogP contribution in [0.1, 0.15) is 166 Å². The average molecular weight is 1310 g/mol. The topological polar surface area (TPSA) is 398 Å². The molecule has 0 saturated carbocycles. The summed E-state index contributed by atoms with van der Waals surface area (Å²) in [5.41, 5.74) is 1.12. The van der Waals surface area contributed by atoms with Crippen molar-refractivity contribution in [3.63, 3.8) is 0 Å². The molecule has 510 valence electrons. The van der Waals surface area contributed by atoms with E-state index in [9.17, 15) is 47.9 Å². The minimum atomic E-state index is -1.23. The van der Waals surface area contributed by atoms with Crippen LogP contribution in [0.15, 0.2) is 49.6 Å². The fraction of sp³-hybridized carbons (Fsp3) is 0.567. The summed E-state index contributed by atoms with van der Waals surface area (Å²) in [6, 6.07) is 0. The van der Waals surface area contributed by atoms with Crippen molar-refractivity contribution < 1.29 is 81.5 Å². The van der Waals surface area contributed by atoms with Gasteiger partial charge in [0.05, 0.1) is 22.3 Å². The molecule has 2 fully saturated rings. The van der Waals surface area contributed by atoms with Crippen molar-refractivity contribution in [2.24, 2.45) is 0 Å². The van der Waals surface area contributed by atoms with Gasteiger partial charge >= 0.3 is 42.5 Å². The fourth-order valence-electron chi connectivity index (χ4n) is 6.99. The van der Waals surface area contributed by atoms with Gasteiger partial charge in [0.15, 0.2) is 6.29 Å². The lowest BCUT2D eigenvalue weighted by molar-refractivity contribution is 0.0404. The van der Waals surface area contributed by atoms with Gasteiger partial charge in [0.1, 0.15) is 33.6 Å². The molecule has 0 aliphatic carbocycles. The van der Waals surface area contributed by atoms with Crippen molar-refractivity contribution in [2.75, 3.05) is 86.9 Å². The molecule has 0 spiro atoms. The Bertz CT molecular complexity index is 3120. The Morgan fingerprint density at radius 1 is 0.387 bits per heavy atom. The van der Waals surface area contributed by atoms with Crippen molar-refractivity contribution in [2.45, 2.75) is 158 Å². The molecule has 33 nitrogen and oxygen atoms in total.